The lowest BCUT2D eigenvalue weighted by Gasteiger charge is -2.26. The molecule has 42 heavy (non-hydrogen) atoms. The van der Waals surface area contributed by atoms with Gasteiger partial charge in [-0.25, -0.2) is 18.4 Å². The monoisotopic (exact) mass is 664 g/mol. The topological polar surface area (TPSA) is 93.7 Å². The standard InChI is InChI=1S/C31H26BrClN4O4S/c32-24-3-1-2-21(16-24)19-41-30-11-7-25(18-28(30)33)36-31-27-17-23(6-10-29(27)34-20-35-31)22-4-8-26(9-5-22)42(38,39)37-12-14-40-15-13-37/h1-11,16-18,20H,12-15,19H2,(H,34,35,36). The highest BCUT2D eigenvalue weighted by Crippen LogP contribution is 2.33. The van der Waals surface area contributed by atoms with Gasteiger partial charge in [-0.3, -0.25) is 0 Å². The van der Waals surface area contributed by atoms with Crippen LogP contribution in [0.1, 0.15) is 5.56 Å². The van der Waals surface area contributed by atoms with Crippen LogP contribution in [-0.4, -0.2) is 49.0 Å². The first-order valence-corrected chi connectivity index (χ1v) is 15.8. The third-order valence-corrected chi connectivity index (χ3v) is 9.61. The lowest BCUT2D eigenvalue weighted by Crippen LogP contribution is -2.40. The van der Waals surface area contributed by atoms with E-state index in [4.69, 9.17) is 21.1 Å². The largest absolute Gasteiger partial charge is 0.487 e. The summed E-state index contributed by atoms with van der Waals surface area (Å²) in [5, 5.41) is 4.63. The second-order valence-corrected chi connectivity index (χ2v) is 12.9. The van der Waals surface area contributed by atoms with Gasteiger partial charge < -0.3 is 14.8 Å². The first-order chi connectivity index (χ1) is 20.4. The Morgan fingerprint density at radius 1 is 0.929 bits per heavy atom. The number of hydrogen-bond acceptors (Lipinski definition) is 7. The Balaban J connectivity index is 1.21. The molecule has 1 aromatic heterocycles. The van der Waals surface area contributed by atoms with E-state index in [1.165, 1.54) is 10.6 Å². The molecule has 0 spiro atoms. The lowest BCUT2D eigenvalue weighted by atomic mass is 10.0. The molecule has 0 unspecified atom stereocenters. The Morgan fingerprint density at radius 2 is 1.71 bits per heavy atom. The van der Waals surface area contributed by atoms with Gasteiger partial charge >= 0.3 is 0 Å². The van der Waals surface area contributed by atoms with Crippen molar-refractivity contribution in [1.29, 1.82) is 0 Å². The number of morpholine rings is 1. The SMILES string of the molecule is O=S(=O)(c1ccc(-c2ccc3ncnc(Nc4ccc(OCc5cccc(Br)c5)c(Cl)c4)c3c2)cc1)N1CCOCC1. The number of sulfonamides is 1. The summed E-state index contributed by atoms with van der Waals surface area (Å²) >= 11 is 10.0. The summed E-state index contributed by atoms with van der Waals surface area (Å²) in [6.45, 7) is 1.92. The fraction of sp³-hybridized carbons (Fsp3) is 0.161. The number of rotatable bonds is 8. The number of nitrogens with one attached hydrogen (secondary N) is 1. The molecule has 214 valence electrons. The van der Waals surface area contributed by atoms with Gasteiger partial charge in [0.25, 0.3) is 0 Å². The van der Waals surface area contributed by atoms with Crippen LogP contribution >= 0.6 is 27.5 Å². The van der Waals surface area contributed by atoms with Gasteiger partial charge in [0.15, 0.2) is 0 Å². The van der Waals surface area contributed by atoms with Crippen molar-refractivity contribution < 1.29 is 17.9 Å². The van der Waals surface area contributed by atoms with Crippen molar-refractivity contribution in [1.82, 2.24) is 14.3 Å². The number of hydrogen-bond donors (Lipinski definition) is 1. The fourth-order valence-electron chi connectivity index (χ4n) is 4.71. The number of anilines is 2. The number of ether oxygens (including phenoxy) is 2. The fourth-order valence-corrected chi connectivity index (χ4v) is 6.80. The van der Waals surface area contributed by atoms with Crippen molar-refractivity contribution in [3.63, 3.8) is 0 Å². The zero-order valence-electron chi connectivity index (χ0n) is 22.3. The number of fused-ring (bicyclic) bond motifs is 1. The van der Waals surface area contributed by atoms with Crippen molar-refractivity contribution in [2.24, 2.45) is 0 Å². The third kappa shape index (κ3) is 6.28. The minimum atomic E-state index is -3.56. The highest BCUT2D eigenvalue weighted by atomic mass is 79.9. The summed E-state index contributed by atoms with van der Waals surface area (Å²) in [5.41, 5.74) is 4.33. The molecule has 5 aromatic rings. The van der Waals surface area contributed by atoms with E-state index in [0.717, 1.165) is 37.8 Å². The third-order valence-electron chi connectivity index (χ3n) is 6.91. The van der Waals surface area contributed by atoms with Gasteiger partial charge in [0.2, 0.25) is 10.0 Å². The molecule has 1 N–H and O–H groups in total. The maximum atomic E-state index is 13.0. The summed E-state index contributed by atoms with van der Waals surface area (Å²) in [5.74, 6) is 1.20. The Bertz CT molecular complexity index is 1850. The van der Waals surface area contributed by atoms with Crippen molar-refractivity contribution >= 4 is 60.0 Å². The smallest absolute Gasteiger partial charge is 0.243 e. The van der Waals surface area contributed by atoms with Crippen LogP contribution < -0.4 is 10.1 Å². The van der Waals surface area contributed by atoms with E-state index < -0.39 is 10.0 Å². The van der Waals surface area contributed by atoms with E-state index in [2.05, 4.69) is 31.2 Å². The van der Waals surface area contributed by atoms with Crippen LogP contribution in [0.5, 0.6) is 5.75 Å². The van der Waals surface area contributed by atoms with Crippen LogP contribution in [0, 0.1) is 0 Å². The molecule has 0 amide bonds. The average molecular weight is 666 g/mol. The molecule has 0 aliphatic carbocycles. The Labute approximate surface area is 257 Å². The summed E-state index contributed by atoms with van der Waals surface area (Å²) < 4.78 is 39.7. The Morgan fingerprint density at radius 3 is 2.48 bits per heavy atom. The minimum absolute atomic E-state index is 0.264. The first kappa shape index (κ1) is 28.6. The van der Waals surface area contributed by atoms with Crippen molar-refractivity contribution in [3.05, 3.63) is 106 Å². The average Bonchev–Trinajstić information content (AvgIpc) is 3.01. The molecule has 8 nitrogen and oxygen atoms in total. The molecular weight excluding hydrogens is 640 g/mol. The molecule has 1 saturated heterocycles. The summed E-state index contributed by atoms with van der Waals surface area (Å²) in [4.78, 5) is 9.15. The molecule has 4 aromatic carbocycles. The highest BCUT2D eigenvalue weighted by Gasteiger charge is 2.26. The molecule has 11 heteroatoms. The van der Waals surface area contributed by atoms with Gasteiger partial charge in [-0.15, -0.1) is 0 Å². The first-order valence-electron chi connectivity index (χ1n) is 13.2. The second-order valence-electron chi connectivity index (χ2n) is 9.68. The molecule has 2 heterocycles. The van der Waals surface area contributed by atoms with E-state index in [9.17, 15) is 8.42 Å². The highest BCUT2D eigenvalue weighted by molar-refractivity contribution is 9.10. The molecule has 1 aliphatic heterocycles. The normalized spacial score (nSPS) is 14.1. The minimum Gasteiger partial charge on any atom is -0.487 e. The van der Waals surface area contributed by atoms with Crippen LogP contribution in [0.15, 0.2) is 101 Å². The second kappa shape index (κ2) is 12.4. The van der Waals surface area contributed by atoms with E-state index in [-0.39, 0.29) is 4.90 Å². The van der Waals surface area contributed by atoms with E-state index in [1.54, 1.807) is 18.2 Å². The van der Waals surface area contributed by atoms with Crippen molar-refractivity contribution in [2.75, 3.05) is 31.6 Å². The predicted octanol–water partition coefficient (Wildman–Crippen LogP) is 7.06. The number of aromatic nitrogens is 2. The molecule has 0 bridgehead atoms. The summed E-state index contributed by atoms with van der Waals surface area (Å²) in [6.07, 6.45) is 1.51. The van der Waals surface area contributed by atoms with Gasteiger partial charge in [-0.2, -0.15) is 4.31 Å². The van der Waals surface area contributed by atoms with Crippen LogP contribution in [0.25, 0.3) is 22.0 Å². The van der Waals surface area contributed by atoms with E-state index in [1.807, 2.05) is 66.7 Å². The molecule has 0 atom stereocenters. The van der Waals surface area contributed by atoms with Crippen molar-refractivity contribution in [2.45, 2.75) is 11.5 Å². The van der Waals surface area contributed by atoms with Crippen LogP contribution in [0.2, 0.25) is 5.02 Å². The maximum Gasteiger partial charge on any atom is 0.243 e. The summed E-state index contributed by atoms with van der Waals surface area (Å²) in [7, 11) is -3.56. The number of benzene rings is 4. The van der Waals surface area contributed by atoms with Crippen LogP contribution in [-0.2, 0) is 21.4 Å². The zero-order valence-corrected chi connectivity index (χ0v) is 25.5. The van der Waals surface area contributed by atoms with Crippen LogP contribution in [0.3, 0.4) is 0 Å². The predicted molar refractivity (Wildman–Crippen MR) is 168 cm³/mol. The van der Waals surface area contributed by atoms with Crippen LogP contribution in [0.4, 0.5) is 11.5 Å². The molecule has 1 aliphatic rings. The quantitative estimate of drug-likeness (QED) is 0.190. The maximum absolute atomic E-state index is 13.0. The number of halogens is 2. The molecule has 0 saturated carbocycles. The van der Waals surface area contributed by atoms with Gasteiger partial charge in [-0.05, 0) is 71.3 Å². The Kier molecular flexibility index (Phi) is 8.41. The molecule has 6 rings (SSSR count). The van der Waals surface area contributed by atoms with Gasteiger partial charge in [0, 0.05) is 28.6 Å². The van der Waals surface area contributed by atoms with Gasteiger partial charge in [0.05, 0.1) is 28.6 Å². The molecule has 1 fully saturated rings. The van der Waals surface area contributed by atoms with Crippen molar-refractivity contribution in [3.8, 4) is 16.9 Å². The van der Waals surface area contributed by atoms with E-state index >= 15 is 0 Å². The van der Waals surface area contributed by atoms with E-state index in [0.29, 0.717) is 49.5 Å². The Hall–Kier alpha value is -3.54. The molecular formula is C31H26BrClN4O4S. The lowest BCUT2D eigenvalue weighted by molar-refractivity contribution is 0.0730. The summed E-state index contributed by atoms with van der Waals surface area (Å²) in [6, 6.07) is 26.2. The van der Waals surface area contributed by atoms with Gasteiger partial charge in [0.1, 0.15) is 24.5 Å². The zero-order chi connectivity index (χ0) is 29.1. The van der Waals surface area contributed by atoms with Gasteiger partial charge in [-0.1, -0.05) is 57.9 Å². The number of nitrogens with zero attached hydrogens (tertiary/aromatic N) is 3. The molecule has 0 radical (unpaired) electrons.